The SMILES string of the molecule is Ic1ccc2c(c1)N(c1ccccc1)C1C=C(N=c3ccc4nc5ccc(I)cc5n(-c5ccccc5)c-4c3)C=CC1N2. The first-order valence-corrected chi connectivity index (χ1v) is 16.3. The second kappa shape index (κ2) is 10.9. The minimum absolute atomic E-state index is 0.0687. The first-order chi connectivity index (χ1) is 21.1. The Morgan fingerprint density at radius 3 is 2.30 bits per heavy atom. The van der Waals surface area contributed by atoms with Crippen molar-refractivity contribution in [2.45, 2.75) is 12.1 Å². The highest BCUT2D eigenvalue weighted by molar-refractivity contribution is 14.1. The number of nitrogens with zero attached hydrogens (tertiary/aromatic N) is 4. The molecule has 0 bridgehead atoms. The number of benzene rings is 5. The lowest BCUT2D eigenvalue weighted by atomic mass is 9.94. The van der Waals surface area contributed by atoms with Crippen molar-refractivity contribution in [3.05, 3.63) is 152 Å². The molecule has 2 aliphatic carbocycles. The van der Waals surface area contributed by atoms with E-state index < -0.39 is 0 Å². The van der Waals surface area contributed by atoms with Crippen LogP contribution in [0.3, 0.4) is 0 Å². The first kappa shape index (κ1) is 26.7. The van der Waals surface area contributed by atoms with E-state index in [0.717, 1.165) is 50.5 Å². The molecule has 2 unspecified atom stereocenters. The summed E-state index contributed by atoms with van der Waals surface area (Å²) in [6, 6.07) is 40.6. The molecule has 0 amide bonds. The molecule has 0 saturated carbocycles. The van der Waals surface area contributed by atoms with Gasteiger partial charge in [0.05, 0.1) is 56.9 Å². The number of halogens is 2. The van der Waals surface area contributed by atoms with Crippen molar-refractivity contribution in [1.82, 2.24) is 9.55 Å². The zero-order chi connectivity index (χ0) is 28.9. The molecule has 5 nitrogen and oxygen atoms in total. The van der Waals surface area contributed by atoms with Gasteiger partial charge in [0, 0.05) is 18.5 Å². The molecule has 43 heavy (non-hydrogen) atoms. The van der Waals surface area contributed by atoms with Gasteiger partial charge in [-0.3, -0.25) is 0 Å². The molecule has 4 aromatic carbocycles. The van der Waals surface area contributed by atoms with Gasteiger partial charge in [0.2, 0.25) is 0 Å². The molecular weight excluding hydrogens is 756 g/mol. The second-order valence-corrected chi connectivity index (χ2v) is 13.2. The van der Waals surface area contributed by atoms with Crippen molar-refractivity contribution < 1.29 is 0 Å². The van der Waals surface area contributed by atoms with Crippen LogP contribution in [0.4, 0.5) is 17.1 Å². The summed E-state index contributed by atoms with van der Waals surface area (Å²) in [5.74, 6) is 0. The Bertz CT molecular complexity index is 2100. The predicted octanol–water partition coefficient (Wildman–Crippen LogP) is 8.69. The van der Waals surface area contributed by atoms with Gasteiger partial charge in [-0.05, 0) is 136 Å². The van der Waals surface area contributed by atoms with Crippen molar-refractivity contribution in [2.24, 2.45) is 4.99 Å². The average molecular weight is 781 g/mol. The fraction of sp³-hybridized carbons (Fsp3) is 0.0556. The van der Waals surface area contributed by atoms with Crippen LogP contribution >= 0.6 is 45.2 Å². The Morgan fingerprint density at radius 2 is 1.49 bits per heavy atom. The van der Waals surface area contributed by atoms with E-state index in [4.69, 9.17) is 9.98 Å². The van der Waals surface area contributed by atoms with E-state index in [2.05, 4.69) is 187 Å². The monoisotopic (exact) mass is 781 g/mol. The molecule has 7 heteroatoms. The summed E-state index contributed by atoms with van der Waals surface area (Å²) in [7, 11) is 0. The molecule has 1 N–H and O–H groups in total. The zero-order valence-corrected chi connectivity index (χ0v) is 27.2. The number of aromatic nitrogens is 2. The van der Waals surface area contributed by atoms with Gasteiger partial charge in [-0.15, -0.1) is 0 Å². The van der Waals surface area contributed by atoms with Crippen molar-refractivity contribution in [3.63, 3.8) is 0 Å². The highest BCUT2D eigenvalue weighted by atomic mass is 127. The maximum atomic E-state index is 5.17. The standard InChI is InChI=1S/C36H25I2N5/c37-23-11-15-29-33(19-23)42(27-7-3-1-4-8-27)35-21-25(13-17-31(35)40-29)39-26-14-18-32-36(22-26)43(28-9-5-2-6-10-28)34-20-24(38)12-16-30(34)41-32/h1-22,31,35,40H. The summed E-state index contributed by atoms with van der Waals surface area (Å²) in [4.78, 5) is 12.6. The maximum Gasteiger partial charge on any atom is 0.0879 e. The third-order valence-corrected chi connectivity index (χ3v) is 9.29. The van der Waals surface area contributed by atoms with E-state index in [9.17, 15) is 0 Å². The summed E-state index contributed by atoms with van der Waals surface area (Å²) in [5, 5.41) is 4.64. The van der Waals surface area contributed by atoms with Crippen LogP contribution in [0.5, 0.6) is 0 Å². The van der Waals surface area contributed by atoms with Crippen LogP contribution in [0, 0.1) is 7.14 Å². The van der Waals surface area contributed by atoms with E-state index >= 15 is 0 Å². The Kier molecular flexibility index (Phi) is 6.79. The smallest absolute Gasteiger partial charge is 0.0879 e. The molecule has 8 rings (SSSR count). The summed E-state index contributed by atoms with van der Waals surface area (Å²) in [6.45, 7) is 0. The lowest BCUT2D eigenvalue weighted by Gasteiger charge is -2.43. The number of allylic oxidation sites excluding steroid dienone is 1. The van der Waals surface area contributed by atoms with Gasteiger partial charge in [0.1, 0.15) is 0 Å². The average Bonchev–Trinajstić information content (AvgIpc) is 3.03. The predicted molar refractivity (Wildman–Crippen MR) is 192 cm³/mol. The number of hydrogen-bond donors (Lipinski definition) is 1. The van der Waals surface area contributed by atoms with Gasteiger partial charge in [-0.2, -0.15) is 0 Å². The number of nitrogens with one attached hydrogen (secondary N) is 1. The second-order valence-electron chi connectivity index (χ2n) is 10.7. The lowest BCUT2D eigenvalue weighted by molar-refractivity contribution is 0.686. The van der Waals surface area contributed by atoms with Crippen LogP contribution in [0.1, 0.15) is 0 Å². The Hall–Kier alpha value is -3.96. The summed E-state index contributed by atoms with van der Waals surface area (Å²) >= 11 is 4.76. The quantitative estimate of drug-likeness (QED) is 0.145. The Balaban J connectivity index is 1.28. The molecule has 0 spiro atoms. The minimum atomic E-state index is 0.0687. The number of anilines is 3. The van der Waals surface area contributed by atoms with E-state index in [1.807, 2.05) is 6.07 Å². The number of rotatable bonds is 3. The molecule has 4 aliphatic rings. The molecule has 2 heterocycles. The van der Waals surface area contributed by atoms with Gasteiger partial charge in [-0.1, -0.05) is 42.5 Å². The van der Waals surface area contributed by atoms with Crippen molar-refractivity contribution in [2.75, 3.05) is 10.2 Å². The third-order valence-electron chi connectivity index (χ3n) is 7.95. The molecule has 0 aromatic heterocycles. The highest BCUT2D eigenvalue weighted by Crippen LogP contribution is 2.42. The summed E-state index contributed by atoms with van der Waals surface area (Å²) in [5.41, 5.74) is 9.50. The van der Waals surface area contributed by atoms with E-state index in [1.165, 1.54) is 12.8 Å². The van der Waals surface area contributed by atoms with E-state index in [-0.39, 0.29) is 12.1 Å². The summed E-state index contributed by atoms with van der Waals surface area (Å²) in [6.07, 6.45) is 6.65. The highest BCUT2D eigenvalue weighted by Gasteiger charge is 2.34. The molecular formula is C36H25I2N5. The van der Waals surface area contributed by atoms with Crippen molar-refractivity contribution in [3.8, 4) is 17.1 Å². The molecule has 4 aromatic rings. The Morgan fingerprint density at radius 1 is 0.744 bits per heavy atom. The van der Waals surface area contributed by atoms with E-state index in [1.54, 1.807) is 0 Å². The fourth-order valence-electron chi connectivity index (χ4n) is 6.05. The van der Waals surface area contributed by atoms with Crippen LogP contribution in [0.25, 0.3) is 28.1 Å². The first-order valence-electron chi connectivity index (χ1n) is 14.1. The van der Waals surface area contributed by atoms with Crippen molar-refractivity contribution in [1.29, 1.82) is 0 Å². The van der Waals surface area contributed by atoms with Crippen molar-refractivity contribution >= 4 is 73.3 Å². The molecule has 0 saturated heterocycles. The van der Waals surface area contributed by atoms with Gasteiger partial charge >= 0.3 is 0 Å². The number of para-hydroxylation sites is 2. The largest absolute Gasteiger partial charge is 0.375 e. The molecule has 2 atom stereocenters. The van der Waals surface area contributed by atoms with E-state index in [0.29, 0.717) is 0 Å². The van der Waals surface area contributed by atoms with Gasteiger partial charge in [0.25, 0.3) is 0 Å². The summed E-state index contributed by atoms with van der Waals surface area (Å²) < 4.78 is 4.67. The van der Waals surface area contributed by atoms with Crippen LogP contribution < -0.4 is 15.6 Å². The van der Waals surface area contributed by atoms with Crippen LogP contribution in [-0.2, 0) is 0 Å². The zero-order valence-electron chi connectivity index (χ0n) is 22.9. The maximum absolute atomic E-state index is 5.17. The topological polar surface area (TPSA) is 45.5 Å². The Labute approximate surface area is 276 Å². The molecule has 2 aliphatic heterocycles. The third kappa shape index (κ3) is 4.94. The number of hydrogen-bond acceptors (Lipinski definition) is 4. The minimum Gasteiger partial charge on any atom is -0.375 e. The molecule has 208 valence electrons. The lowest BCUT2D eigenvalue weighted by Crippen LogP contribution is -2.47. The van der Waals surface area contributed by atoms with Crippen LogP contribution in [0.2, 0.25) is 0 Å². The van der Waals surface area contributed by atoms with Gasteiger partial charge in [0.15, 0.2) is 0 Å². The van der Waals surface area contributed by atoms with Crippen LogP contribution in [0.15, 0.2) is 144 Å². The van der Waals surface area contributed by atoms with Crippen LogP contribution in [-0.4, -0.2) is 21.6 Å². The fourth-order valence-corrected chi connectivity index (χ4v) is 7.00. The molecule has 0 fully saturated rings. The molecule has 0 radical (unpaired) electrons. The van der Waals surface area contributed by atoms with Gasteiger partial charge in [-0.25, -0.2) is 9.98 Å². The van der Waals surface area contributed by atoms with Gasteiger partial charge < -0.3 is 14.8 Å². The number of fused-ring (bicyclic) bond motifs is 4. The normalized spacial score (nSPS) is 17.9.